The van der Waals surface area contributed by atoms with E-state index in [0.29, 0.717) is 22.9 Å². The van der Waals surface area contributed by atoms with E-state index in [4.69, 9.17) is 21.1 Å². The highest BCUT2D eigenvalue weighted by atomic mass is 35.5. The normalized spacial score (nSPS) is 27.9. The zero-order valence-corrected chi connectivity index (χ0v) is 14.7. The first-order valence-corrected chi connectivity index (χ1v) is 9.20. The van der Waals surface area contributed by atoms with Gasteiger partial charge in [0.05, 0.1) is 11.0 Å². The van der Waals surface area contributed by atoms with E-state index in [1.807, 2.05) is 6.08 Å². The highest BCUT2D eigenvalue weighted by Crippen LogP contribution is 2.47. The average molecular weight is 365 g/mol. The number of nitrogens with one attached hydrogen (secondary N) is 1. The second-order valence-electron chi connectivity index (χ2n) is 6.92. The van der Waals surface area contributed by atoms with Gasteiger partial charge in [0, 0.05) is 36.2 Å². The third-order valence-corrected chi connectivity index (χ3v) is 5.47. The first kappa shape index (κ1) is 16.8. The lowest BCUT2D eigenvalue weighted by molar-refractivity contribution is -0.386. The van der Waals surface area contributed by atoms with Crippen molar-refractivity contribution in [1.82, 2.24) is 5.32 Å². The summed E-state index contributed by atoms with van der Waals surface area (Å²) in [5, 5.41) is 15.3. The van der Waals surface area contributed by atoms with Gasteiger partial charge in [-0.05, 0) is 49.8 Å². The van der Waals surface area contributed by atoms with Gasteiger partial charge in [-0.25, -0.2) is 0 Å². The fourth-order valence-electron chi connectivity index (χ4n) is 4.00. The lowest BCUT2D eigenvalue weighted by Gasteiger charge is -2.43. The van der Waals surface area contributed by atoms with Gasteiger partial charge in [0.1, 0.15) is 0 Å². The summed E-state index contributed by atoms with van der Waals surface area (Å²) in [5.41, 5.74) is 1.07. The molecule has 0 aromatic heterocycles. The number of hydrogen-bond acceptors (Lipinski definition) is 5. The van der Waals surface area contributed by atoms with Crippen LogP contribution < -0.4 is 10.1 Å². The van der Waals surface area contributed by atoms with Crippen molar-refractivity contribution >= 4 is 23.4 Å². The Bertz CT molecular complexity index is 730. The van der Waals surface area contributed by atoms with Crippen LogP contribution in [0.5, 0.6) is 5.75 Å². The lowest BCUT2D eigenvalue weighted by atomic mass is 9.83. The van der Waals surface area contributed by atoms with E-state index in [9.17, 15) is 10.1 Å². The molecule has 2 atom stereocenters. The number of nitrogens with zero attached hydrogens (tertiary/aromatic N) is 1. The Hall–Kier alpha value is -1.63. The molecule has 2 heterocycles. The van der Waals surface area contributed by atoms with E-state index >= 15 is 0 Å². The van der Waals surface area contributed by atoms with Crippen LogP contribution in [-0.4, -0.2) is 29.9 Å². The predicted octanol–water partition coefficient (Wildman–Crippen LogP) is 4.06. The molecule has 1 saturated carbocycles. The van der Waals surface area contributed by atoms with Crippen LogP contribution >= 0.6 is 11.6 Å². The molecule has 1 aliphatic carbocycles. The summed E-state index contributed by atoms with van der Waals surface area (Å²) in [5.74, 6) is 0.305. The van der Waals surface area contributed by atoms with Crippen molar-refractivity contribution in [2.45, 2.75) is 50.4 Å². The number of nitro benzene ring substituents is 1. The second kappa shape index (κ2) is 6.59. The molecule has 2 fully saturated rings. The molecule has 0 radical (unpaired) electrons. The smallest absolute Gasteiger partial charge is 0.313 e. The van der Waals surface area contributed by atoms with Crippen LogP contribution in [-0.2, 0) is 4.74 Å². The summed E-state index contributed by atoms with van der Waals surface area (Å²) in [4.78, 5) is 11.0. The van der Waals surface area contributed by atoms with Gasteiger partial charge >= 0.3 is 5.69 Å². The van der Waals surface area contributed by atoms with Gasteiger partial charge in [0.25, 0.3) is 0 Å². The van der Waals surface area contributed by atoms with Gasteiger partial charge < -0.3 is 9.47 Å². The zero-order valence-electron chi connectivity index (χ0n) is 13.9. The van der Waals surface area contributed by atoms with E-state index in [0.717, 1.165) is 50.7 Å². The quantitative estimate of drug-likeness (QED) is 0.644. The number of halogens is 1. The Labute approximate surface area is 151 Å². The third-order valence-electron chi connectivity index (χ3n) is 5.25. The Balaban J connectivity index is 1.69. The molecular weight excluding hydrogens is 344 g/mol. The van der Waals surface area contributed by atoms with Crippen LogP contribution in [0.2, 0.25) is 5.02 Å². The van der Waals surface area contributed by atoms with Gasteiger partial charge in [-0.1, -0.05) is 11.6 Å². The SMILES string of the molecule is O=[N+]([O-])c1cc(Cl)cc2c1OC1(NCC3CCCO3)CCCCC1=C2. The molecule has 0 amide bonds. The van der Waals surface area contributed by atoms with Crippen molar-refractivity contribution in [3.05, 3.63) is 38.4 Å². The summed E-state index contributed by atoms with van der Waals surface area (Å²) in [7, 11) is 0. The first-order valence-electron chi connectivity index (χ1n) is 8.82. The number of hydrogen-bond donors (Lipinski definition) is 1. The minimum atomic E-state index is -0.671. The molecule has 2 aliphatic heterocycles. The zero-order chi connectivity index (χ0) is 17.4. The average Bonchev–Trinajstić information content (AvgIpc) is 3.11. The molecule has 1 saturated heterocycles. The molecule has 3 aliphatic rings. The Morgan fingerprint density at radius 2 is 2.24 bits per heavy atom. The van der Waals surface area contributed by atoms with E-state index < -0.39 is 10.6 Å². The van der Waals surface area contributed by atoms with Crippen molar-refractivity contribution < 1.29 is 14.4 Å². The van der Waals surface area contributed by atoms with Crippen LogP contribution in [0.1, 0.15) is 44.1 Å². The van der Waals surface area contributed by atoms with Crippen molar-refractivity contribution in [3.8, 4) is 5.75 Å². The molecule has 1 N–H and O–H groups in total. The number of fused-ring (bicyclic) bond motifs is 2. The highest BCUT2D eigenvalue weighted by molar-refractivity contribution is 6.31. The van der Waals surface area contributed by atoms with Gasteiger partial charge in [-0.3, -0.25) is 15.4 Å². The number of rotatable bonds is 4. The molecule has 7 heteroatoms. The molecule has 25 heavy (non-hydrogen) atoms. The van der Waals surface area contributed by atoms with Crippen molar-refractivity contribution in [2.24, 2.45) is 0 Å². The van der Waals surface area contributed by atoms with Gasteiger partial charge in [0.2, 0.25) is 5.75 Å². The summed E-state index contributed by atoms with van der Waals surface area (Å²) >= 11 is 6.06. The molecule has 134 valence electrons. The van der Waals surface area contributed by atoms with Crippen molar-refractivity contribution in [1.29, 1.82) is 0 Å². The fourth-order valence-corrected chi connectivity index (χ4v) is 4.22. The monoisotopic (exact) mass is 364 g/mol. The van der Waals surface area contributed by atoms with Gasteiger partial charge in [-0.2, -0.15) is 0 Å². The maximum atomic E-state index is 11.5. The molecule has 0 spiro atoms. The van der Waals surface area contributed by atoms with Crippen molar-refractivity contribution in [2.75, 3.05) is 13.2 Å². The number of benzene rings is 1. The number of ether oxygens (including phenoxy) is 2. The lowest BCUT2D eigenvalue weighted by Crippen LogP contribution is -2.56. The third kappa shape index (κ3) is 3.14. The van der Waals surface area contributed by atoms with Gasteiger partial charge in [-0.15, -0.1) is 0 Å². The van der Waals surface area contributed by atoms with Crippen molar-refractivity contribution in [3.63, 3.8) is 0 Å². The van der Waals surface area contributed by atoms with E-state index in [-0.39, 0.29) is 11.8 Å². The second-order valence-corrected chi connectivity index (χ2v) is 7.36. The van der Waals surface area contributed by atoms with Crippen LogP contribution in [0.4, 0.5) is 5.69 Å². The Morgan fingerprint density at radius 3 is 3.00 bits per heavy atom. The topological polar surface area (TPSA) is 73.6 Å². The van der Waals surface area contributed by atoms with Crippen LogP contribution in [0, 0.1) is 10.1 Å². The summed E-state index contributed by atoms with van der Waals surface area (Å²) in [6, 6.07) is 3.09. The molecule has 1 aromatic rings. The van der Waals surface area contributed by atoms with Gasteiger partial charge in [0.15, 0.2) is 5.72 Å². The number of nitro groups is 1. The van der Waals surface area contributed by atoms with E-state index in [1.165, 1.54) is 6.07 Å². The fraction of sp³-hybridized carbons (Fsp3) is 0.556. The predicted molar refractivity (Wildman–Crippen MR) is 94.9 cm³/mol. The molecular formula is C18H21ClN2O4. The first-order chi connectivity index (χ1) is 12.1. The molecule has 2 unspecified atom stereocenters. The molecule has 1 aromatic carbocycles. The molecule has 4 rings (SSSR count). The Morgan fingerprint density at radius 1 is 1.36 bits per heavy atom. The highest BCUT2D eigenvalue weighted by Gasteiger charge is 2.43. The minimum Gasteiger partial charge on any atom is -0.461 e. The molecule has 6 nitrogen and oxygen atoms in total. The minimum absolute atomic E-state index is 0.0818. The maximum Gasteiger partial charge on any atom is 0.313 e. The molecule has 0 bridgehead atoms. The van der Waals surface area contributed by atoms with Crippen LogP contribution in [0.15, 0.2) is 17.7 Å². The summed E-state index contributed by atoms with van der Waals surface area (Å²) in [6.07, 6.45) is 8.14. The van der Waals surface area contributed by atoms with E-state index in [2.05, 4.69) is 5.32 Å². The van der Waals surface area contributed by atoms with Crippen LogP contribution in [0.25, 0.3) is 6.08 Å². The summed E-state index contributed by atoms with van der Waals surface area (Å²) in [6.45, 7) is 1.49. The van der Waals surface area contributed by atoms with Crippen LogP contribution in [0.3, 0.4) is 0 Å². The van der Waals surface area contributed by atoms with E-state index in [1.54, 1.807) is 6.07 Å². The maximum absolute atomic E-state index is 11.5. The largest absolute Gasteiger partial charge is 0.461 e. The Kier molecular flexibility index (Phi) is 4.43. The summed E-state index contributed by atoms with van der Waals surface area (Å²) < 4.78 is 12.0. The standard InChI is InChI=1S/C18H21ClN2O4/c19-14-9-12-8-13-4-1-2-6-18(13,20-11-15-5-3-7-24-15)25-17(12)16(10-14)21(22)23/h8-10,15,20H,1-7,11H2.